The minimum Gasteiger partial charge on any atom is -0.338 e. The van der Waals surface area contributed by atoms with Gasteiger partial charge in [-0.25, -0.2) is 0 Å². The van der Waals surface area contributed by atoms with Crippen molar-refractivity contribution in [3.8, 4) is 0 Å². The molecule has 2 rings (SSSR count). The Morgan fingerprint density at radius 2 is 2.10 bits per heavy atom. The van der Waals surface area contributed by atoms with E-state index in [1.54, 1.807) is 12.1 Å². The van der Waals surface area contributed by atoms with Gasteiger partial charge in [0.1, 0.15) is 0 Å². The molecule has 1 unspecified atom stereocenters. The second-order valence-corrected chi connectivity index (χ2v) is 5.54. The summed E-state index contributed by atoms with van der Waals surface area (Å²) in [6, 6.07) is 5.26. The average molecular weight is 314 g/mol. The Morgan fingerprint density at radius 3 is 2.80 bits per heavy atom. The third-order valence-corrected chi connectivity index (χ3v) is 3.75. The Hall–Kier alpha value is -1.10. The molecule has 0 aliphatic rings. The SMILES string of the molecule is CCCCC(N)c1nc(Cc2ccc(Cl)c(Cl)c2)no1. The monoisotopic (exact) mass is 313 g/mol. The van der Waals surface area contributed by atoms with Gasteiger partial charge >= 0.3 is 0 Å². The highest BCUT2D eigenvalue weighted by Crippen LogP contribution is 2.23. The Bertz CT molecular complexity index is 571. The van der Waals surface area contributed by atoms with E-state index >= 15 is 0 Å². The van der Waals surface area contributed by atoms with Gasteiger partial charge in [-0.05, 0) is 24.1 Å². The maximum atomic E-state index is 6.00. The van der Waals surface area contributed by atoms with Crippen LogP contribution in [0.5, 0.6) is 0 Å². The molecule has 0 amide bonds. The van der Waals surface area contributed by atoms with E-state index in [-0.39, 0.29) is 6.04 Å². The number of benzene rings is 1. The van der Waals surface area contributed by atoms with Gasteiger partial charge in [-0.2, -0.15) is 4.98 Å². The van der Waals surface area contributed by atoms with Crippen molar-refractivity contribution < 1.29 is 4.52 Å². The van der Waals surface area contributed by atoms with Gasteiger partial charge < -0.3 is 10.3 Å². The molecule has 6 heteroatoms. The van der Waals surface area contributed by atoms with Crippen molar-refractivity contribution in [3.05, 3.63) is 45.5 Å². The van der Waals surface area contributed by atoms with Crippen molar-refractivity contribution in [2.75, 3.05) is 0 Å². The van der Waals surface area contributed by atoms with Crippen LogP contribution in [0.15, 0.2) is 22.7 Å². The van der Waals surface area contributed by atoms with Gasteiger partial charge in [0.05, 0.1) is 16.1 Å². The summed E-state index contributed by atoms with van der Waals surface area (Å²) in [7, 11) is 0. The minimum absolute atomic E-state index is 0.190. The number of unbranched alkanes of at least 4 members (excludes halogenated alkanes) is 1. The first-order chi connectivity index (χ1) is 9.60. The van der Waals surface area contributed by atoms with Crippen molar-refractivity contribution in [3.63, 3.8) is 0 Å². The highest BCUT2D eigenvalue weighted by Gasteiger charge is 2.14. The topological polar surface area (TPSA) is 64.9 Å². The van der Waals surface area contributed by atoms with Crippen molar-refractivity contribution in [1.82, 2.24) is 10.1 Å². The fraction of sp³-hybridized carbons (Fsp3) is 0.429. The van der Waals surface area contributed by atoms with Gasteiger partial charge in [0.15, 0.2) is 5.82 Å². The molecule has 2 N–H and O–H groups in total. The van der Waals surface area contributed by atoms with E-state index in [0.29, 0.717) is 28.2 Å². The zero-order valence-electron chi connectivity index (χ0n) is 11.3. The Morgan fingerprint density at radius 1 is 1.30 bits per heavy atom. The van der Waals surface area contributed by atoms with Crippen LogP contribution in [0.2, 0.25) is 10.0 Å². The Kier molecular flexibility index (Phi) is 5.40. The van der Waals surface area contributed by atoms with Crippen LogP contribution in [0.4, 0.5) is 0 Å². The third-order valence-electron chi connectivity index (χ3n) is 3.02. The molecule has 1 aromatic heterocycles. The van der Waals surface area contributed by atoms with E-state index in [9.17, 15) is 0 Å². The summed E-state index contributed by atoms with van der Waals surface area (Å²) in [5, 5.41) is 5.00. The number of nitrogens with zero attached hydrogens (tertiary/aromatic N) is 2. The standard InChI is InChI=1S/C14H17Cl2N3O/c1-2-3-4-12(17)14-18-13(19-20-14)8-9-5-6-10(15)11(16)7-9/h5-7,12H,2-4,8,17H2,1H3. The zero-order valence-corrected chi connectivity index (χ0v) is 12.8. The van der Waals surface area contributed by atoms with Crippen molar-refractivity contribution in [2.45, 2.75) is 38.6 Å². The normalized spacial score (nSPS) is 12.6. The summed E-state index contributed by atoms with van der Waals surface area (Å²) >= 11 is 11.9. The first-order valence-corrected chi connectivity index (χ1v) is 7.37. The third kappa shape index (κ3) is 3.95. The van der Waals surface area contributed by atoms with Crippen LogP contribution in [-0.2, 0) is 6.42 Å². The zero-order chi connectivity index (χ0) is 14.5. The molecule has 0 saturated carbocycles. The van der Waals surface area contributed by atoms with Gasteiger partial charge in [0.25, 0.3) is 0 Å². The summed E-state index contributed by atoms with van der Waals surface area (Å²) < 4.78 is 5.20. The molecule has 0 saturated heterocycles. The first-order valence-electron chi connectivity index (χ1n) is 6.62. The van der Waals surface area contributed by atoms with E-state index in [1.165, 1.54) is 0 Å². The molecule has 0 fully saturated rings. The van der Waals surface area contributed by atoms with Crippen LogP contribution in [-0.4, -0.2) is 10.1 Å². The Labute approximate surface area is 128 Å². The van der Waals surface area contributed by atoms with Crippen molar-refractivity contribution in [1.29, 1.82) is 0 Å². The lowest BCUT2D eigenvalue weighted by Gasteiger charge is -2.03. The molecule has 2 aromatic rings. The summed E-state index contributed by atoms with van der Waals surface area (Å²) in [6.45, 7) is 2.12. The van der Waals surface area contributed by atoms with Crippen molar-refractivity contribution >= 4 is 23.2 Å². The summed E-state index contributed by atoms with van der Waals surface area (Å²) in [4.78, 5) is 4.33. The van der Waals surface area contributed by atoms with Crippen LogP contribution in [0.25, 0.3) is 0 Å². The van der Waals surface area contributed by atoms with Crippen LogP contribution in [0.3, 0.4) is 0 Å². The highest BCUT2D eigenvalue weighted by atomic mass is 35.5. The van der Waals surface area contributed by atoms with Crippen molar-refractivity contribution in [2.24, 2.45) is 5.73 Å². The van der Waals surface area contributed by atoms with Crippen LogP contribution >= 0.6 is 23.2 Å². The molecule has 0 radical (unpaired) electrons. The molecule has 1 aromatic carbocycles. The van der Waals surface area contributed by atoms with Gasteiger partial charge in [-0.1, -0.05) is 54.2 Å². The first kappa shape index (κ1) is 15.3. The lowest BCUT2D eigenvalue weighted by atomic mass is 10.1. The molecular formula is C14H17Cl2N3O. The Balaban J connectivity index is 2.03. The second-order valence-electron chi connectivity index (χ2n) is 4.72. The van der Waals surface area contributed by atoms with E-state index in [1.807, 2.05) is 6.07 Å². The number of hydrogen-bond donors (Lipinski definition) is 1. The molecule has 0 aliphatic carbocycles. The van der Waals surface area contributed by atoms with E-state index < -0.39 is 0 Å². The van der Waals surface area contributed by atoms with Crippen LogP contribution < -0.4 is 5.73 Å². The average Bonchev–Trinajstić information content (AvgIpc) is 2.89. The largest absolute Gasteiger partial charge is 0.338 e. The van der Waals surface area contributed by atoms with Gasteiger partial charge in [-0.15, -0.1) is 0 Å². The van der Waals surface area contributed by atoms with Gasteiger partial charge in [-0.3, -0.25) is 0 Å². The molecule has 4 nitrogen and oxygen atoms in total. The molecule has 1 atom stereocenters. The maximum absolute atomic E-state index is 6.00. The molecule has 0 spiro atoms. The molecule has 0 bridgehead atoms. The second kappa shape index (κ2) is 7.07. The van der Waals surface area contributed by atoms with E-state index in [0.717, 1.165) is 24.8 Å². The number of hydrogen-bond acceptors (Lipinski definition) is 4. The van der Waals surface area contributed by atoms with Crippen LogP contribution in [0.1, 0.15) is 49.5 Å². The quantitative estimate of drug-likeness (QED) is 0.869. The lowest BCUT2D eigenvalue weighted by molar-refractivity contribution is 0.343. The maximum Gasteiger partial charge on any atom is 0.243 e. The fourth-order valence-electron chi connectivity index (χ4n) is 1.87. The van der Waals surface area contributed by atoms with Crippen LogP contribution in [0, 0.1) is 0 Å². The predicted octanol–water partition coefficient (Wildman–Crippen LogP) is 4.16. The van der Waals surface area contributed by atoms with Gasteiger partial charge in [0, 0.05) is 6.42 Å². The lowest BCUT2D eigenvalue weighted by Crippen LogP contribution is -2.10. The number of halogens is 2. The van der Waals surface area contributed by atoms with E-state index in [2.05, 4.69) is 17.1 Å². The number of aromatic nitrogens is 2. The fourth-order valence-corrected chi connectivity index (χ4v) is 2.19. The molecule has 1 heterocycles. The summed E-state index contributed by atoms with van der Waals surface area (Å²) in [6.07, 6.45) is 3.54. The number of nitrogens with two attached hydrogens (primary N) is 1. The van der Waals surface area contributed by atoms with E-state index in [4.69, 9.17) is 33.5 Å². The molecule has 0 aliphatic heterocycles. The highest BCUT2D eigenvalue weighted by molar-refractivity contribution is 6.42. The smallest absolute Gasteiger partial charge is 0.243 e. The predicted molar refractivity (Wildman–Crippen MR) is 80.0 cm³/mol. The van der Waals surface area contributed by atoms with Gasteiger partial charge in [0.2, 0.25) is 5.89 Å². The summed E-state index contributed by atoms with van der Waals surface area (Å²) in [5.41, 5.74) is 6.98. The molecule has 108 valence electrons. The minimum atomic E-state index is -0.190. The summed E-state index contributed by atoms with van der Waals surface area (Å²) in [5.74, 6) is 1.10. The molecular weight excluding hydrogens is 297 g/mol. The number of rotatable bonds is 6. The molecule has 20 heavy (non-hydrogen) atoms.